The fourth-order valence-corrected chi connectivity index (χ4v) is 5.30. The number of sulfone groups is 1. The molecule has 29 heavy (non-hydrogen) atoms. The minimum absolute atomic E-state index is 0.0741. The number of halogens is 2. The summed E-state index contributed by atoms with van der Waals surface area (Å²) in [4.78, 5) is 15.3. The lowest BCUT2D eigenvalue weighted by Crippen LogP contribution is -2.40. The Morgan fingerprint density at radius 3 is 2.48 bits per heavy atom. The lowest BCUT2D eigenvalue weighted by Gasteiger charge is -2.30. The predicted octanol–water partition coefficient (Wildman–Crippen LogP) is 2.53. The van der Waals surface area contributed by atoms with E-state index in [0.717, 1.165) is 0 Å². The van der Waals surface area contributed by atoms with Gasteiger partial charge in [-0.25, -0.2) is 32.2 Å². The number of aromatic nitrogens is 4. The number of hydrogen-bond donors (Lipinski definition) is 1. The molecule has 2 aromatic rings. The molecule has 2 aromatic heterocycles. The minimum atomic E-state index is -3.02. The smallest absolute Gasteiger partial charge is 0.248 e. The van der Waals surface area contributed by atoms with Crippen molar-refractivity contribution in [1.29, 1.82) is 0 Å². The van der Waals surface area contributed by atoms with Crippen molar-refractivity contribution < 1.29 is 17.2 Å². The van der Waals surface area contributed by atoms with Crippen molar-refractivity contribution in [3.05, 3.63) is 11.9 Å². The first kappa shape index (κ1) is 20.3. The van der Waals surface area contributed by atoms with Crippen molar-refractivity contribution >= 4 is 33.0 Å². The number of aryl methyl sites for hydroxylation is 1. The van der Waals surface area contributed by atoms with Gasteiger partial charge in [0, 0.05) is 38.0 Å². The molecule has 3 heterocycles. The van der Waals surface area contributed by atoms with Gasteiger partial charge in [-0.15, -0.1) is 0 Å². The van der Waals surface area contributed by atoms with Crippen LogP contribution in [0.2, 0.25) is 0 Å². The molecule has 0 atom stereocenters. The molecule has 12 heteroatoms. The van der Waals surface area contributed by atoms with Gasteiger partial charge in [0.25, 0.3) is 0 Å². The van der Waals surface area contributed by atoms with Gasteiger partial charge in [0.1, 0.15) is 17.5 Å². The summed E-state index contributed by atoms with van der Waals surface area (Å²) in [5.74, 6) is -0.306. The second-order valence-corrected chi connectivity index (χ2v) is 10.6. The highest BCUT2D eigenvalue weighted by atomic mass is 32.2. The second kappa shape index (κ2) is 7.71. The Balaban J connectivity index is 1.60. The lowest BCUT2D eigenvalue weighted by atomic mass is 9.92. The molecule has 1 saturated heterocycles. The van der Waals surface area contributed by atoms with Crippen LogP contribution in [0.3, 0.4) is 0 Å². The summed E-state index contributed by atoms with van der Waals surface area (Å²) in [5, 5.41) is 3.82. The van der Waals surface area contributed by atoms with E-state index in [1.807, 2.05) is 4.90 Å². The molecule has 8 nitrogen and oxygen atoms in total. The van der Waals surface area contributed by atoms with Crippen molar-refractivity contribution in [1.82, 2.24) is 19.3 Å². The molecule has 4 rings (SSSR count). The second-order valence-electron chi connectivity index (χ2n) is 7.50. The number of nitrogens with one attached hydrogen (secondary N) is 1. The topological polar surface area (TPSA) is 101 Å². The number of alkyl halides is 2. The van der Waals surface area contributed by atoms with Gasteiger partial charge < -0.3 is 10.2 Å². The maximum absolute atomic E-state index is 13.5. The Hall–Kier alpha value is -1.95. The van der Waals surface area contributed by atoms with Crippen molar-refractivity contribution in [2.75, 3.05) is 34.8 Å². The monoisotopic (exact) mass is 444 g/mol. The summed E-state index contributed by atoms with van der Waals surface area (Å²) in [7, 11) is -3.02. The van der Waals surface area contributed by atoms with Gasteiger partial charge in [0.2, 0.25) is 5.92 Å². The highest BCUT2D eigenvalue weighted by Gasteiger charge is 2.35. The molecule has 2 aliphatic rings. The van der Waals surface area contributed by atoms with Crippen LogP contribution in [0, 0.1) is 6.92 Å². The lowest BCUT2D eigenvalue weighted by molar-refractivity contribution is -0.0361. The molecule has 0 aromatic carbocycles. The molecular weight excluding hydrogens is 422 g/mol. The largest absolute Gasteiger partial charge is 0.367 e. The summed E-state index contributed by atoms with van der Waals surface area (Å²) < 4.78 is 54.6. The van der Waals surface area contributed by atoms with Gasteiger partial charge >= 0.3 is 0 Å². The highest BCUT2D eigenvalue weighted by molar-refractivity contribution is 7.91. The Bertz CT molecular complexity index is 974. The third kappa shape index (κ3) is 4.97. The van der Waals surface area contributed by atoms with Crippen LogP contribution in [0.25, 0.3) is 10.8 Å². The van der Waals surface area contributed by atoms with Crippen LogP contribution < -0.4 is 10.2 Å². The molecule has 0 bridgehead atoms. The summed E-state index contributed by atoms with van der Waals surface area (Å²) in [6.45, 7) is 2.48. The van der Waals surface area contributed by atoms with E-state index >= 15 is 0 Å². The molecule has 1 saturated carbocycles. The first-order valence-electron chi connectivity index (χ1n) is 9.49. The molecule has 0 unspecified atom stereocenters. The first-order valence-corrected chi connectivity index (χ1v) is 12.1. The van der Waals surface area contributed by atoms with E-state index in [4.69, 9.17) is 0 Å². The zero-order valence-corrected chi connectivity index (χ0v) is 17.6. The number of rotatable bonds is 4. The zero-order valence-electron chi connectivity index (χ0n) is 15.9. The first-order chi connectivity index (χ1) is 13.7. The average molecular weight is 445 g/mol. The Morgan fingerprint density at radius 2 is 1.86 bits per heavy atom. The molecule has 0 amide bonds. The maximum atomic E-state index is 13.5. The van der Waals surface area contributed by atoms with Crippen LogP contribution in [0.15, 0.2) is 6.07 Å². The molecule has 0 spiro atoms. The Kier molecular flexibility index (Phi) is 5.40. The summed E-state index contributed by atoms with van der Waals surface area (Å²) in [6.07, 6.45) is 0.438. The molecule has 2 fully saturated rings. The van der Waals surface area contributed by atoms with E-state index < -0.39 is 15.8 Å². The van der Waals surface area contributed by atoms with Crippen LogP contribution in [-0.2, 0) is 9.84 Å². The van der Waals surface area contributed by atoms with Crippen molar-refractivity contribution in [3.63, 3.8) is 0 Å². The van der Waals surface area contributed by atoms with E-state index in [0.29, 0.717) is 54.2 Å². The number of anilines is 2. The van der Waals surface area contributed by atoms with Crippen LogP contribution in [0.4, 0.5) is 20.4 Å². The van der Waals surface area contributed by atoms with Gasteiger partial charge in [0.15, 0.2) is 20.7 Å². The SMILES string of the molecule is Cc1nsc(-c2nc(NC3CCC(F)(F)CC3)cc(N3CCS(=O)(=O)CC3)n2)n1. The molecule has 1 N–H and O–H groups in total. The van der Waals surface area contributed by atoms with E-state index in [-0.39, 0.29) is 30.4 Å². The van der Waals surface area contributed by atoms with E-state index in [1.165, 1.54) is 11.5 Å². The normalized spacial score (nSPS) is 21.8. The Morgan fingerprint density at radius 1 is 1.17 bits per heavy atom. The third-order valence-corrected chi connectivity index (χ3v) is 7.58. The van der Waals surface area contributed by atoms with E-state index in [1.54, 1.807) is 13.0 Å². The zero-order chi connectivity index (χ0) is 20.6. The average Bonchev–Trinajstić information content (AvgIpc) is 3.10. The molecular formula is C17H22F2N6O2S2. The van der Waals surface area contributed by atoms with Crippen LogP contribution in [0.5, 0.6) is 0 Å². The molecule has 0 radical (unpaired) electrons. The standard InChI is InChI=1S/C17H22F2N6O2S2/c1-11-20-16(28-24-11)15-22-13(21-12-2-4-17(18,19)5-3-12)10-14(23-15)25-6-8-29(26,27)9-7-25/h10,12H,2-9H2,1H3,(H,21,22,23). The summed E-state index contributed by atoms with van der Waals surface area (Å²) >= 11 is 1.18. The quantitative estimate of drug-likeness (QED) is 0.768. The summed E-state index contributed by atoms with van der Waals surface area (Å²) in [5.41, 5.74) is 0. The number of hydrogen-bond acceptors (Lipinski definition) is 9. The molecule has 1 aliphatic heterocycles. The van der Waals surface area contributed by atoms with Gasteiger partial charge in [-0.05, 0) is 31.3 Å². The van der Waals surface area contributed by atoms with Crippen LogP contribution in [0.1, 0.15) is 31.5 Å². The number of nitrogens with zero attached hydrogens (tertiary/aromatic N) is 5. The third-order valence-electron chi connectivity index (χ3n) is 5.17. The van der Waals surface area contributed by atoms with Gasteiger partial charge in [-0.1, -0.05) is 0 Å². The van der Waals surface area contributed by atoms with Gasteiger partial charge in [-0.2, -0.15) is 4.37 Å². The van der Waals surface area contributed by atoms with Crippen molar-refractivity contribution in [2.24, 2.45) is 0 Å². The van der Waals surface area contributed by atoms with Gasteiger partial charge in [0.05, 0.1) is 11.5 Å². The van der Waals surface area contributed by atoms with Crippen LogP contribution in [-0.4, -0.2) is 64.3 Å². The summed E-state index contributed by atoms with van der Waals surface area (Å²) in [6, 6.07) is 1.66. The highest BCUT2D eigenvalue weighted by Crippen LogP contribution is 2.34. The maximum Gasteiger partial charge on any atom is 0.248 e. The van der Waals surface area contributed by atoms with Crippen LogP contribution >= 0.6 is 11.5 Å². The van der Waals surface area contributed by atoms with Crippen molar-refractivity contribution in [3.8, 4) is 10.8 Å². The fourth-order valence-electron chi connectivity index (χ4n) is 3.49. The van der Waals surface area contributed by atoms with E-state index in [9.17, 15) is 17.2 Å². The predicted molar refractivity (Wildman–Crippen MR) is 107 cm³/mol. The molecule has 158 valence electrons. The Labute approximate surface area is 171 Å². The van der Waals surface area contributed by atoms with Gasteiger partial charge in [-0.3, -0.25) is 0 Å². The van der Waals surface area contributed by atoms with E-state index in [2.05, 4.69) is 24.6 Å². The molecule has 1 aliphatic carbocycles. The fraction of sp³-hybridized carbons (Fsp3) is 0.647. The van der Waals surface area contributed by atoms with Crippen molar-refractivity contribution in [2.45, 2.75) is 44.6 Å². The minimum Gasteiger partial charge on any atom is -0.367 e.